The molecule has 5 unspecified atom stereocenters. The fourth-order valence-electron chi connectivity index (χ4n) is 3.33. The summed E-state index contributed by atoms with van der Waals surface area (Å²) in [5, 5.41) is 27.2. The van der Waals surface area contributed by atoms with E-state index in [2.05, 4.69) is 16.0 Å². The molecule has 0 aromatic heterocycles. The van der Waals surface area contributed by atoms with Crippen LogP contribution in [-0.4, -0.2) is 76.2 Å². The van der Waals surface area contributed by atoms with Gasteiger partial charge >= 0.3 is 5.97 Å². The van der Waals surface area contributed by atoms with Gasteiger partial charge in [-0.15, -0.1) is 0 Å². The van der Waals surface area contributed by atoms with Crippen LogP contribution in [0.5, 0.6) is 0 Å². The maximum atomic E-state index is 13.0. The summed E-state index contributed by atoms with van der Waals surface area (Å²) in [4.78, 5) is 50.1. The minimum absolute atomic E-state index is 0.0301. The average Bonchev–Trinajstić information content (AvgIpc) is 2.79. The highest BCUT2D eigenvalue weighted by Gasteiger charge is 2.33. The first-order valence-electron chi connectivity index (χ1n) is 11.6. The molecule has 0 heterocycles. The van der Waals surface area contributed by atoms with E-state index in [9.17, 15) is 29.4 Å². The van der Waals surface area contributed by atoms with Crippen molar-refractivity contribution in [1.29, 1.82) is 0 Å². The predicted molar refractivity (Wildman–Crippen MR) is 136 cm³/mol. The van der Waals surface area contributed by atoms with Crippen LogP contribution in [0.4, 0.5) is 0 Å². The van der Waals surface area contributed by atoms with Crippen molar-refractivity contribution in [3.8, 4) is 0 Å². The van der Waals surface area contributed by atoms with E-state index in [0.29, 0.717) is 17.7 Å². The predicted octanol–water partition coefficient (Wildman–Crippen LogP) is 0.275. The molecule has 1 aromatic carbocycles. The number of carbonyl (C=O) groups excluding carboxylic acids is 3. The number of carbonyl (C=O) groups is 4. The highest BCUT2D eigenvalue weighted by Crippen LogP contribution is 2.09. The smallest absolute Gasteiger partial charge is 0.326 e. The van der Waals surface area contributed by atoms with Gasteiger partial charge in [-0.05, 0) is 43.3 Å². The third-order valence-electron chi connectivity index (χ3n) is 5.27. The molecule has 0 bridgehead atoms. The Labute approximate surface area is 210 Å². The van der Waals surface area contributed by atoms with Gasteiger partial charge in [-0.1, -0.05) is 44.2 Å². The number of thioether (sulfide) groups is 1. The van der Waals surface area contributed by atoms with Crippen LogP contribution >= 0.6 is 11.8 Å². The number of rotatable bonds is 15. The molecule has 0 saturated carbocycles. The van der Waals surface area contributed by atoms with E-state index in [4.69, 9.17) is 5.73 Å². The second kappa shape index (κ2) is 15.4. The number of carboxylic acid groups (broad SMARTS) is 1. The van der Waals surface area contributed by atoms with Crippen LogP contribution in [0, 0.1) is 5.92 Å². The molecule has 0 spiro atoms. The van der Waals surface area contributed by atoms with Gasteiger partial charge in [0.1, 0.15) is 18.1 Å². The molecule has 35 heavy (non-hydrogen) atoms. The van der Waals surface area contributed by atoms with Gasteiger partial charge in [-0.2, -0.15) is 11.8 Å². The molecule has 1 aromatic rings. The first kappa shape index (κ1) is 30.4. The van der Waals surface area contributed by atoms with Gasteiger partial charge < -0.3 is 31.9 Å². The Morgan fingerprint density at radius 3 is 2.06 bits per heavy atom. The maximum absolute atomic E-state index is 13.0. The Morgan fingerprint density at radius 2 is 1.54 bits per heavy atom. The highest BCUT2D eigenvalue weighted by atomic mass is 32.2. The fourth-order valence-corrected chi connectivity index (χ4v) is 3.82. The molecular formula is C24H38N4O6S. The second-order valence-corrected chi connectivity index (χ2v) is 9.88. The maximum Gasteiger partial charge on any atom is 0.326 e. The van der Waals surface area contributed by atoms with Gasteiger partial charge in [0.15, 0.2) is 0 Å². The Hall–Kier alpha value is -2.63. The highest BCUT2D eigenvalue weighted by molar-refractivity contribution is 7.98. The summed E-state index contributed by atoms with van der Waals surface area (Å²) in [6, 6.07) is 4.33. The van der Waals surface area contributed by atoms with Crippen molar-refractivity contribution in [2.45, 2.75) is 70.3 Å². The van der Waals surface area contributed by atoms with Crippen molar-refractivity contribution in [1.82, 2.24) is 16.0 Å². The van der Waals surface area contributed by atoms with Crippen molar-refractivity contribution in [2.75, 3.05) is 12.0 Å². The first-order valence-corrected chi connectivity index (χ1v) is 13.0. The first-order chi connectivity index (χ1) is 16.5. The molecule has 11 heteroatoms. The third kappa shape index (κ3) is 11.1. The van der Waals surface area contributed by atoms with Gasteiger partial charge in [-0.25, -0.2) is 4.79 Å². The van der Waals surface area contributed by atoms with E-state index < -0.39 is 54.0 Å². The molecule has 0 aliphatic carbocycles. The lowest BCUT2D eigenvalue weighted by molar-refractivity contribution is -0.143. The number of carboxylic acids is 1. The molecule has 0 radical (unpaired) electrons. The van der Waals surface area contributed by atoms with Crippen LogP contribution in [0.3, 0.4) is 0 Å². The van der Waals surface area contributed by atoms with E-state index >= 15 is 0 Å². The lowest BCUT2D eigenvalue weighted by Crippen LogP contribution is -2.60. The Morgan fingerprint density at radius 1 is 0.943 bits per heavy atom. The van der Waals surface area contributed by atoms with Crippen molar-refractivity contribution < 1.29 is 29.4 Å². The summed E-state index contributed by atoms with van der Waals surface area (Å²) in [5.74, 6) is -2.51. The van der Waals surface area contributed by atoms with Crippen LogP contribution in [0.2, 0.25) is 0 Å². The quantitative estimate of drug-likeness (QED) is 0.195. The molecule has 0 aliphatic heterocycles. The van der Waals surface area contributed by atoms with Gasteiger partial charge in [0, 0.05) is 6.42 Å². The number of hydrogen-bond acceptors (Lipinski definition) is 7. The number of aliphatic hydroxyl groups is 1. The SMILES string of the molecule is CSCCC(N)C(=O)NC(CC(C)C)C(=O)NC(C(=O)NC(Cc1ccccc1)C(=O)O)C(C)O. The van der Waals surface area contributed by atoms with Crippen molar-refractivity contribution in [2.24, 2.45) is 11.7 Å². The number of nitrogens with one attached hydrogen (secondary N) is 3. The van der Waals surface area contributed by atoms with Crippen molar-refractivity contribution in [3.63, 3.8) is 0 Å². The summed E-state index contributed by atoms with van der Waals surface area (Å²) in [5.41, 5.74) is 6.61. The number of benzene rings is 1. The normalized spacial score (nSPS) is 15.4. The second-order valence-electron chi connectivity index (χ2n) is 8.89. The van der Waals surface area contributed by atoms with Gasteiger partial charge in [-0.3, -0.25) is 14.4 Å². The Bertz CT molecular complexity index is 837. The van der Waals surface area contributed by atoms with E-state index in [1.165, 1.54) is 6.92 Å². The summed E-state index contributed by atoms with van der Waals surface area (Å²) in [7, 11) is 0. The minimum Gasteiger partial charge on any atom is -0.480 e. The molecule has 0 saturated heterocycles. The number of aliphatic carboxylic acids is 1. The molecule has 5 atom stereocenters. The Balaban J connectivity index is 2.93. The van der Waals surface area contributed by atoms with Gasteiger partial charge in [0.05, 0.1) is 12.1 Å². The van der Waals surface area contributed by atoms with E-state index in [-0.39, 0.29) is 18.8 Å². The standard InChI is InChI=1S/C24H38N4O6S/c1-14(2)12-18(26-21(30)17(25)10-11-35-4)22(31)28-20(15(3)29)23(32)27-19(24(33)34)13-16-8-6-5-7-9-16/h5-9,14-15,17-20,29H,10-13,25H2,1-4H3,(H,26,30)(H,27,32)(H,28,31)(H,33,34). The number of nitrogens with two attached hydrogens (primary N) is 1. The number of aliphatic hydroxyl groups excluding tert-OH is 1. The molecule has 196 valence electrons. The van der Waals surface area contributed by atoms with Crippen LogP contribution in [0.25, 0.3) is 0 Å². The molecule has 10 nitrogen and oxygen atoms in total. The summed E-state index contributed by atoms with van der Waals surface area (Å²) in [6.45, 7) is 5.06. The molecule has 1 rings (SSSR count). The number of hydrogen-bond donors (Lipinski definition) is 6. The lowest BCUT2D eigenvalue weighted by atomic mass is 10.0. The largest absolute Gasteiger partial charge is 0.480 e. The zero-order valence-corrected chi connectivity index (χ0v) is 21.5. The molecular weight excluding hydrogens is 472 g/mol. The van der Waals surface area contributed by atoms with Crippen LogP contribution in [-0.2, 0) is 25.6 Å². The van der Waals surface area contributed by atoms with Crippen LogP contribution < -0.4 is 21.7 Å². The number of amides is 3. The van der Waals surface area contributed by atoms with Crippen LogP contribution in [0.1, 0.15) is 39.2 Å². The van der Waals surface area contributed by atoms with Gasteiger partial charge in [0.2, 0.25) is 17.7 Å². The topological polar surface area (TPSA) is 171 Å². The average molecular weight is 511 g/mol. The molecule has 0 aliphatic rings. The lowest BCUT2D eigenvalue weighted by Gasteiger charge is -2.27. The van der Waals surface area contributed by atoms with Crippen LogP contribution in [0.15, 0.2) is 30.3 Å². The third-order valence-corrected chi connectivity index (χ3v) is 5.91. The van der Waals surface area contributed by atoms with E-state index in [1.807, 2.05) is 20.1 Å². The van der Waals surface area contributed by atoms with Crippen molar-refractivity contribution in [3.05, 3.63) is 35.9 Å². The summed E-state index contributed by atoms with van der Waals surface area (Å²) in [6.07, 6.45) is 1.34. The molecule has 3 amide bonds. The Kier molecular flexibility index (Phi) is 13.4. The monoisotopic (exact) mass is 510 g/mol. The zero-order chi connectivity index (χ0) is 26.5. The van der Waals surface area contributed by atoms with E-state index in [1.54, 1.807) is 42.1 Å². The zero-order valence-electron chi connectivity index (χ0n) is 20.7. The van der Waals surface area contributed by atoms with Crippen molar-refractivity contribution >= 4 is 35.5 Å². The minimum atomic E-state index is -1.42. The molecule has 7 N–H and O–H groups in total. The fraction of sp³-hybridized carbons (Fsp3) is 0.583. The van der Waals surface area contributed by atoms with E-state index in [0.717, 1.165) is 0 Å². The summed E-state index contributed by atoms with van der Waals surface area (Å²) >= 11 is 1.55. The molecule has 0 fully saturated rings. The van der Waals surface area contributed by atoms with Gasteiger partial charge in [0.25, 0.3) is 0 Å². The summed E-state index contributed by atoms with van der Waals surface area (Å²) < 4.78 is 0.